The van der Waals surface area contributed by atoms with Gasteiger partial charge in [0.05, 0.1) is 23.0 Å². The fourth-order valence-electron chi connectivity index (χ4n) is 3.45. The van der Waals surface area contributed by atoms with E-state index in [1.54, 1.807) is 6.07 Å². The molecule has 7 nitrogen and oxygen atoms in total. The summed E-state index contributed by atoms with van der Waals surface area (Å²) in [6, 6.07) is 6.35. The summed E-state index contributed by atoms with van der Waals surface area (Å²) in [4.78, 5) is 16.8. The minimum absolute atomic E-state index is 0.136. The Hall–Kier alpha value is -3.08. The molecule has 3 N–H and O–H groups in total. The highest BCUT2D eigenvalue weighted by Crippen LogP contribution is 2.30. The topological polar surface area (TPSA) is 101 Å². The molecule has 1 radical (unpaired) electrons. The van der Waals surface area contributed by atoms with Crippen LogP contribution in [0.1, 0.15) is 35.2 Å². The summed E-state index contributed by atoms with van der Waals surface area (Å²) < 4.78 is 44.5. The smallest absolute Gasteiger partial charge is 0.416 e. The van der Waals surface area contributed by atoms with Crippen molar-refractivity contribution in [2.75, 3.05) is 13.1 Å². The molecular weight excluding hydrogens is 412 g/mol. The number of amidine groups is 1. The Labute approximate surface area is 178 Å². The van der Waals surface area contributed by atoms with Gasteiger partial charge in [0.2, 0.25) is 0 Å². The minimum atomic E-state index is -4.41. The van der Waals surface area contributed by atoms with Crippen LogP contribution in [-0.4, -0.2) is 53.6 Å². The summed E-state index contributed by atoms with van der Waals surface area (Å²) in [5.74, 6) is 0.182. The first-order chi connectivity index (χ1) is 14.8. The zero-order valence-corrected chi connectivity index (χ0v) is 16.5. The fraction of sp³-hybridized carbons (Fsp3) is 0.350. The lowest BCUT2D eigenvalue weighted by atomic mass is 9.90. The number of alkyl halides is 3. The van der Waals surface area contributed by atoms with Gasteiger partial charge in [-0.25, -0.2) is 0 Å². The maximum Gasteiger partial charge on any atom is 0.416 e. The van der Waals surface area contributed by atoms with E-state index < -0.39 is 11.7 Å². The molecule has 1 aromatic carbocycles. The first-order valence-electron chi connectivity index (χ1n) is 9.63. The van der Waals surface area contributed by atoms with E-state index in [4.69, 9.17) is 10.5 Å². The van der Waals surface area contributed by atoms with Crippen LogP contribution in [0.3, 0.4) is 0 Å². The van der Waals surface area contributed by atoms with E-state index in [2.05, 4.69) is 10.1 Å². The lowest BCUT2D eigenvalue weighted by Crippen LogP contribution is -2.41. The van der Waals surface area contributed by atoms with Gasteiger partial charge in [0, 0.05) is 12.6 Å². The summed E-state index contributed by atoms with van der Waals surface area (Å²) in [6.07, 6.45) is -0.766. The molecule has 1 aliphatic heterocycles. The van der Waals surface area contributed by atoms with Gasteiger partial charge in [-0.05, 0) is 49.7 Å². The van der Waals surface area contributed by atoms with E-state index >= 15 is 0 Å². The number of hydrogen-bond donors (Lipinski definition) is 2. The number of ether oxygens (including phenoxy) is 1. The summed E-state index contributed by atoms with van der Waals surface area (Å²) in [5.41, 5.74) is 6.44. The minimum Gasteiger partial charge on any atom is -0.489 e. The fourth-order valence-corrected chi connectivity index (χ4v) is 3.45. The maximum absolute atomic E-state index is 12.8. The van der Waals surface area contributed by atoms with Crippen LogP contribution in [0.15, 0.2) is 41.7 Å². The van der Waals surface area contributed by atoms with Gasteiger partial charge in [0.15, 0.2) is 5.84 Å². The number of carbonyl (C=O) groups is 1. The summed E-state index contributed by atoms with van der Waals surface area (Å²) in [7, 11) is 1.49. The Bertz CT molecular complexity index is 930. The van der Waals surface area contributed by atoms with Crippen LogP contribution in [0, 0.1) is 0 Å². The second kappa shape index (κ2) is 9.82. The molecule has 1 aromatic heterocycles. The summed E-state index contributed by atoms with van der Waals surface area (Å²) in [6.45, 7) is 1.32. The van der Waals surface area contributed by atoms with Crippen molar-refractivity contribution in [3.05, 3.63) is 58.9 Å². The van der Waals surface area contributed by atoms with Crippen molar-refractivity contribution in [3.63, 3.8) is 0 Å². The third-order valence-electron chi connectivity index (χ3n) is 5.05. The molecule has 0 amide bonds. The SMILES string of the molecule is NC(=NO)c1c(OC2CCN([B]C=O)CC2)ccnc1Cc1ccc(C(F)(F)F)cc1. The highest BCUT2D eigenvalue weighted by Gasteiger charge is 2.30. The number of aromatic nitrogens is 1. The van der Waals surface area contributed by atoms with Crippen molar-refractivity contribution >= 4 is 19.4 Å². The first-order valence-corrected chi connectivity index (χ1v) is 9.63. The molecule has 1 fully saturated rings. The number of benzene rings is 1. The number of rotatable bonds is 7. The molecule has 3 rings (SSSR count). The van der Waals surface area contributed by atoms with Crippen molar-refractivity contribution < 1.29 is 27.9 Å². The lowest BCUT2D eigenvalue weighted by Gasteiger charge is -2.31. The number of nitrogens with zero attached hydrogens (tertiary/aromatic N) is 3. The number of halogens is 3. The molecule has 0 atom stereocenters. The molecule has 1 aliphatic rings. The van der Waals surface area contributed by atoms with Crippen LogP contribution in [0.5, 0.6) is 5.75 Å². The number of pyridine rings is 1. The van der Waals surface area contributed by atoms with E-state index in [0.29, 0.717) is 48.5 Å². The van der Waals surface area contributed by atoms with Crippen LogP contribution in [0.2, 0.25) is 0 Å². The molecule has 0 saturated carbocycles. The third kappa shape index (κ3) is 5.75. The summed E-state index contributed by atoms with van der Waals surface area (Å²) >= 11 is 0. The second-order valence-electron chi connectivity index (χ2n) is 7.13. The van der Waals surface area contributed by atoms with Crippen molar-refractivity contribution in [2.45, 2.75) is 31.5 Å². The third-order valence-corrected chi connectivity index (χ3v) is 5.05. The van der Waals surface area contributed by atoms with Crippen molar-refractivity contribution in [1.29, 1.82) is 0 Å². The molecule has 2 aromatic rings. The molecule has 0 aliphatic carbocycles. The van der Waals surface area contributed by atoms with Gasteiger partial charge in [-0.2, -0.15) is 13.2 Å². The van der Waals surface area contributed by atoms with E-state index in [9.17, 15) is 23.2 Å². The average molecular weight is 433 g/mol. The van der Waals surface area contributed by atoms with Gasteiger partial charge in [-0.15, -0.1) is 0 Å². The monoisotopic (exact) mass is 433 g/mol. The average Bonchev–Trinajstić information content (AvgIpc) is 2.75. The van der Waals surface area contributed by atoms with Crippen LogP contribution in [0.4, 0.5) is 13.2 Å². The Morgan fingerprint density at radius 3 is 2.55 bits per heavy atom. The largest absolute Gasteiger partial charge is 0.489 e. The van der Waals surface area contributed by atoms with Crippen molar-refractivity contribution in [1.82, 2.24) is 9.79 Å². The molecule has 163 valence electrons. The Kier molecular flexibility index (Phi) is 7.16. The molecule has 1 saturated heterocycles. The van der Waals surface area contributed by atoms with E-state index in [1.165, 1.54) is 25.7 Å². The molecular formula is C20H21BF3N4O3. The standard InChI is InChI=1S/C20H21BF3N4O3/c22-20(23,24)14-3-1-13(2-4-14)11-16-18(19(25)27-30)17(5-8-26-16)31-15-6-9-28(10-7-15)21-12-29/h1-5,8,12,15,30H,6-7,9-11H2,(H2,25,27). The Balaban J connectivity index is 1.81. The molecule has 2 heterocycles. The number of carbonyl (C=O) groups excluding carboxylic acids is 1. The van der Waals surface area contributed by atoms with Gasteiger partial charge in [-0.1, -0.05) is 17.3 Å². The maximum atomic E-state index is 12.8. The van der Waals surface area contributed by atoms with Crippen LogP contribution >= 0.6 is 0 Å². The molecule has 31 heavy (non-hydrogen) atoms. The zero-order chi connectivity index (χ0) is 22.4. The van der Waals surface area contributed by atoms with Gasteiger partial charge in [0.25, 0.3) is 7.41 Å². The quantitative estimate of drug-likeness (QED) is 0.174. The molecule has 0 bridgehead atoms. The number of oxime groups is 1. The van der Waals surface area contributed by atoms with Gasteiger partial charge >= 0.3 is 6.18 Å². The zero-order valence-electron chi connectivity index (χ0n) is 16.5. The molecule has 11 heteroatoms. The lowest BCUT2D eigenvalue weighted by molar-refractivity contribution is -0.137. The molecule has 0 unspecified atom stereocenters. The highest BCUT2D eigenvalue weighted by atomic mass is 19.4. The van der Waals surface area contributed by atoms with E-state index in [0.717, 1.165) is 18.3 Å². The van der Waals surface area contributed by atoms with Crippen molar-refractivity contribution in [2.24, 2.45) is 10.9 Å². The van der Waals surface area contributed by atoms with Crippen molar-refractivity contribution in [3.8, 4) is 5.75 Å². The highest BCUT2D eigenvalue weighted by molar-refractivity contribution is 6.64. The van der Waals surface area contributed by atoms with E-state index in [-0.39, 0.29) is 18.4 Å². The predicted molar refractivity (Wildman–Crippen MR) is 109 cm³/mol. The van der Waals surface area contributed by atoms with Crippen LogP contribution in [-0.2, 0) is 17.4 Å². The Morgan fingerprint density at radius 2 is 1.97 bits per heavy atom. The predicted octanol–water partition coefficient (Wildman–Crippen LogP) is 2.44. The Morgan fingerprint density at radius 1 is 1.29 bits per heavy atom. The van der Waals surface area contributed by atoms with Gasteiger partial charge in [0.1, 0.15) is 11.9 Å². The van der Waals surface area contributed by atoms with Gasteiger partial charge in [-0.3, -0.25) is 4.98 Å². The number of piperidine rings is 1. The molecule has 0 spiro atoms. The van der Waals surface area contributed by atoms with E-state index in [1.807, 2.05) is 4.81 Å². The van der Waals surface area contributed by atoms with Crippen LogP contribution < -0.4 is 10.5 Å². The second-order valence-corrected chi connectivity index (χ2v) is 7.13. The normalized spacial score (nSPS) is 16.2. The summed E-state index contributed by atoms with van der Waals surface area (Å²) in [5, 5.41) is 12.3. The van der Waals surface area contributed by atoms with Crippen LogP contribution in [0.25, 0.3) is 0 Å². The number of nitrogens with two attached hydrogens (primary N) is 1. The first kappa shape index (κ1) is 22.6. The number of hydrogen-bond acceptors (Lipinski definition) is 6. The van der Waals surface area contributed by atoms with Gasteiger partial charge < -0.3 is 25.3 Å².